The molecule has 1 aliphatic heterocycles. The predicted octanol–water partition coefficient (Wildman–Crippen LogP) is 4.83. The zero-order chi connectivity index (χ0) is 22.0. The molecule has 3 aromatic rings. The number of hydrogen-bond donors (Lipinski definition) is 2. The highest BCUT2D eigenvalue weighted by atomic mass is 35.5. The number of benzene rings is 2. The van der Waals surface area contributed by atoms with Crippen molar-refractivity contribution >= 4 is 40.6 Å². The standard InChI is InChI=1S/C24H27ClN6/c1-4-17-5-7-18(8-6-17)19-9-10-20(31-13-11-30(3)12-14-31)22(16(19)2)29-24-21(26)23(25)27-15-28-24/h4-10,15H,1,11-14,26H2,2-3H3,(H,27,28,29). The molecule has 4 rings (SSSR count). The quantitative estimate of drug-likeness (QED) is 0.560. The molecule has 0 saturated carbocycles. The zero-order valence-electron chi connectivity index (χ0n) is 17.9. The van der Waals surface area contributed by atoms with Gasteiger partial charge in [-0.1, -0.05) is 54.6 Å². The molecule has 0 bridgehead atoms. The molecule has 6 nitrogen and oxygen atoms in total. The maximum Gasteiger partial charge on any atom is 0.158 e. The highest BCUT2D eigenvalue weighted by Gasteiger charge is 2.21. The van der Waals surface area contributed by atoms with Crippen molar-refractivity contribution in [2.75, 3.05) is 49.2 Å². The Kier molecular flexibility index (Phi) is 6.11. The summed E-state index contributed by atoms with van der Waals surface area (Å²) >= 11 is 6.14. The van der Waals surface area contributed by atoms with Gasteiger partial charge in [0.15, 0.2) is 11.0 Å². The molecule has 160 valence electrons. The molecule has 1 fully saturated rings. The van der Waals surface area contributed by atoms with E-state index in [1.807, 2.05) is 6.08 Å². The average molecular weight is 435 g/mol. The number of anilines is 4. The number of aromatic nitrogens is 2. The third-order valence-electron chi connectivity index (χ3n) is 5.82. The molecule has 3 N–H and O–H groups in total. The topological polar surface area (TPSA) is 70.3 Å². The van der Waals surface area contributed by atoms with Gasteiger partial charge >= 0.3 is 0 Å². The fourth-order valence-electron chi connectivity index (χ4n) is 3.87. The predicted molar refractivity (Wildman–Crippen MR) is 131 cm³/mol. The zero-order valence-corrected chi connectivity index (χ0v) is 18.7. The summed E-state index contributed by atoms with van der Waals surface area (Å²) in [7, 11) is 2.15. The lowest BCUT2D eigenvalue weighted by molar-refractivity contribution is 0.313. The van der Waals surface area contributed by atoms with E-state index in [-0.39, 0.29) is 5.15 Å². The SMILES string of the molecule is C=Cc1ccc(-c2ccc(N3CCN(C)CC3)c(Nc3ncnc(Cl)c3N)c2C)cc1. The molecular formula is C24H27ClN6. The van der Waals surface area contributed by atoms with Gasteiger partial charge in [0.1, 0.15) is 12.0 Å². The minimum Gasteiger partial charge on any atom is -0.393 e. The van der Waals surface area contributed by atoms with Crippen molar-refractivity contribution in [2.45, 2.75) is 6.92 Å². The van der Waals surface area contributed by atoms with Crippen LogP contribution in [-0.2, 0) is 0 Å². The van der Waals surface area contributed by atoms with Crippen molar-refractivity contribution in [3.63, 3.8) is 0 Å². The molecule has 0 spiro atoms. The number of rotatable bonds is 5. The van der Waals surface area contributed by atoms with Crippen LogP contribution < -0.4 is 16.0 Å². The van der Waals surface area contributed by atoms with E-state index in [1.165, 1.54) is 6.33 Å². The molecule has 0 aliphatic carbocycles. The summed E-state index contributed by atoms with van der Waals surface area (Å²) in [5, 5.41) is 3.70. The van der Waals surface area contributed by atoms with Crippen molar-refractivity contribution < 1.29 is 0 Å². The largest absolute Gasteiger partial charge is 0.393 e. The average Bonchev–Trinajstić information content (AvgIpc) is 2.79. The van der Waals surface area contributed by atoms with Gasteiger partial charge in [-0.2, -0.15) is 0 Å². The summed E-state index contributed by atoms with van der Waals surface area (Å²) in [4.78, 5) is 13.0. The first-order chi connectivity index (χ1) is 15.0. The van der Waals surface area contributed by atoms with E-state index in [2.05, 4.69) is 82.0 Å². The summed E-state index contributed by atoms with van der Waals surface area (Å²) in [6.07, 6.45) is 3.27. The molecule has 2 heterocycles. The first-order valence-electron chi connectivity index (χ1n) is 10.3. The fraction of sp³-hybridized carbons (Fsp3) is 0.250. The van der Waals surface area contributed by atoms with Gasteiger partial charge in [-0.05, 0) is 42.3 Å². The lowest BCUT2D eigenvalue weighted by atomic mass is 9.96. The van der Waals surface area contributed by atoms with Crippen LogP contribution in [0.5, 0.6) is 0 Å². The summed E-state index contributed by atoms with van der Waals surface area (Å²) in [5.41, 5.74) is 13.1. The summed E-state index contributed by atoms with van der Waals surface area (Å²) in [5.74, 6) is 0.512. The van der Waals surface area contributed by atoms with Gasteiger partial charge in [0.2, 0.25) is 0 Å². The minimum atomic E-state index is 0.243. The van der Waals surface area contributed by atoms with E-state index >= 15 is 0 Å². The van der Waals surface area contributed by atoms with Gasteiger partial charge in [0.25, 0.3) is 0 Å². The molecule has 0 radical (unpaired) electrons. The number of hydrogen-bond acceptors (Lipinski definition) is 6. The fourth-order valence-corrected chi connectivity index (χ4v) is 4.00. The van der Waals surface area contributed by atoms with Gasteiger partial charge in [-0.15, -0.1) is 0 Å². The van der Waals surface area contributed by atoms with Gasteiger partial charge in [-0.3, -0.25) is 0 Å². The monoisotopic (exact) mass is 434 g/mol. The number of nitrogens with zero attached hydrogens (tertiary/aromatic N) is 4. The number of nitrogen functional groups attached to an aromatic ring is 1. The van der Waals surface area contributed by atoms with E-state index in [0.29, 0.717) is 11.5 Å². The molecule has 1 aromatic heterocycles. The first-order valence-corrected chi connectivity index (χ1v) is 10.7. The Morgan fingerprint density at radius 3 is 2.45 bits per heavy atom. The van der Waals surface area contributed by atoms with E-state index in [1.54, 1.807) is 0 Å². The van der Waals surface area contributed by atoms with Crippen molar-refractivity contribution in [3.8, 4) is 11.1 Å². The van der Waals surface area contributed by atoms with Crippen molar-refractivity contribution in [3.05, 3.63) is 65.6 Å². The maximum absolute atomic E-state index is 6.16. The van der Waals surface area contributed by atoms with Crippen LogP contribution in [0.2, 0.25) is 5.15 Å². The second kappa shape index (κ2) is 8.96. The molecule has 0 amide bonds. The normalized spacial score (nSPS) is 14.5. The highest BCUT2D eigenvalue weighted by Crippen LogP contribution is 2.39. The molecular weight excluding hydrogens is 408 g/mol. The second-order valence-electron chi connectivity index (χ2n) is 7.80. The van der Waals surface area contributed by atoms with Crippen LogP contribution in [0, 0.1) is 6.92 Å². The number of likely N-dealkylation sites (N-methyl/N-ethyl adjacent to an activating group) is 1. The van der Waals surface area contributed by atoms with Crippen molar-refractivity contribution in [2.24, 2.45) is 0 Å². The molecule has 7 heteroatoms. The Balaban J connectivity index is 1.80. The van der Waals surface area contributed by atoms with Crippen LogP contribution in [0.25, 0.3) is 17.2 Å². The van der Waals surface area contributed by atoms with Crippen LogP contribution in [0.15, 0.2) is 49.3 Å². The van der Waals surface area contributed by atoms with E-state index in [0.717, 1.165) is 59.8 Å². The van der Waals surface area contributed by atoms with Crippen LogP contribution in [-0.4, -0.2) is 48.1 Å². The van der Waals surface area contributed by atoms with E-state index in [9.17, 15) is 0 Å². The van der Waals surface area contributed by atoms with Gasteiger partial charge in [0.05, 0.1) is 11.4 Å². The Morgan fingerprint density at radius 2 is 1.77 bits per heavy atom. The summed E-state index contributed by atoms with van der Waals surface area (Å²) in [6.45, 7) is 9.91. The van der Waals surface area contributed by atoms with Crippen LogP contribution in [0.3, 0.4) is 0 Å². The second-order valence-corrected chi connectivity index (χ2v) is 8.16. The smallest absolute Gasteiger partial charge is 0.158 e. The third-order valence-corrected chi connectivity index (χ3v) is 6.12. The van der Waals surface area contributed by atoms with Crippen LogP contribution in [0.4, 0.5) is 22.9 Å². The number of piperazine rings is 1. The number of halogens is 1. The Hall–Kier alpha value is -3.09. The molecule has 1 saturated heterocycles. The van der Waals surface area contributed by atoms with Gasteiger partial charge in [-0.25, -0.2) is 9.97 Å². The van der Waals surface area contributed by atoms with Gasteiger partial charge in [0, 0.05) is 26.2 Å². The van der Waals surface area contributed by atoms with E-state index < -0.39 is 0 Å². The molecule has 31 heavy (non-hydrogen) atoms. The minimum absolute atomic E-state index is 0.243. The van der Waals surface area contributed by atoms with Crippen molar-refractivity contribution in [1.29, 1.82) is 0 Å². The first kappa shape index (κ1) is 21.2. The van der Waals surface area contributed by atoms with E-state index in [4.69, 9.17) is 17.3 Å². The lowest BCUT2D eigenvalue weighted by Crippen LogP contribution is -2.44. The lowest BCUT2D eigenvalue weighted by Gasteiger charge is -2.36. The maximum atomic E-state index is 6.16. The summed E-state index contributed by atoms with van der Waals surface area (Å²) < 4.78 is 0. The van der Waals surface area contributed by atoms with Crippen LogP contribution >= 0.6 is 11.6 Å². The summed E-state index contributed by atoms with van der Waals surface area (Å²) in [6, 6.07) is 12.8. The number of nitrogens with one attached hydrogen (secondary N) is 1. The number of nitrogens with two attached hydrogens (primary N) is 1. The Labute approximate surface area is 188 Å². The van der Waals surface area contributed by atoms with Gasteiger partial charge < -0.3 is 20.9 Å². The molecule has 2 aromatic carbocycles. The Bertz CT molecular complexity index is 1090. The Morgan fingerprint density at radius 1 is 1.06 bits per heavy atom. The van der Waals surface area contributed by atoms with Crippen molar-refractivity contribution in [1.82, 2.24) is 14.9 Å². The molecule has 0 atom stereocenters. The molecule has 0 unspecified atom stereocenters. The highest BCUT2D eigenvalue weighted by molar-refractivity contribution is 6.32. The third kappa shape index (κ3) is 4.36. The molecule has 1 aliphatic rings. The van der Waals surface area contributed by atoms with Crippen LogP contribution in [0.1, 0.15) is 11.1 Å².